The largest absolute Gasteiger partial charge is 0.379 e. The smallest absolute Gasteiger partial charge is 0.314 e. The number of amides is 2. The standard InChI is InChI=1S/C20H25N5O4/c1-24-6-4-15-12-14(2-3-16(15)24)17(25-7-10-28-11-8-25)13-21-19(26)20(27)22-18-5-9-29-23-18/h2-3,5,9,12,17H,4,6-8,10-11,13H2,1H3,(H,21,26)(H,22,23,27)/t17-/m1/s1. The molecule has 0 aliphatic carbocycles. The Labute approximate surface area is 169 Å². The number of fused-ring (bicyclic) bond motifs is 1. The van der Waals surface area contributed by atoms with E-state index in [1.807, 2.05) is 0 Å². The molecule has 0 spiro atoms. The number of carbonyl (C=O) groups is 2. The number of hydrogen-bond acceptors (Lipinski definition) is 7. The van der Waals surface area contributed by atoms with Gasteiger partial charge in [-0.1, -0.05) is 17.3 Å². The predicted octanol–water partition coefficient (Wildman–Crippen LogP) is 0.795. The molecule has 1 aromatic carbocycles. The second-order valence-corrected chi connectivity index (χ2v) is 7.27. The molecule has 3 heterocycles. The third kappa shape index (κ3) is 4.41. The maximum absolute atomic E-state index is 12.3. The topological polar surface area (TPSA) is 99.9 Å². The molecule has 29 heavy (non-hydrogen) atoms. The third-order valence-electron chi connectivity index (χ3n) is 5.44. The number of likely N-dealkylation sites (N-methyl/N-ethyl adjacent to an activating group) is 1. The molecule has 2 N–H and O–H groups in total. The van der Waals surface area contributed by atoms with Gasteiger partial charge in [-0.15, -0.1) is 0 Å². The van der Waals surface area contributed by atoms with Gasteiger partial charge in [0.25, 0.3) is 0 Å². The van der Waals surface area contributed by atoms with Crippen LogP contribution in [0, 0.1) is 0 Å². The molecule has 1 aromatic heterocycles. The maximum Gasteiger partial charge on any atom is 0.314 e. The van der Waals surface area contributed by atoms with Crippen molar-refractivity contribution < 1.29 is 18.8 Å². The number of ether oxygens (including phenoxy) is 1. The van der Waals surface area contributed by atoms with Crippen molar-refractivity contribution in [2.24, 2.45) is 0 Å². The fourth-order valence-electron chi connectivity index (χ4n) is 3.86. The number of morpholine rings is 1. The molecular formula is C20H25N5O4. The summed E-state index contributed by atoms with van der Waals surface area (Å²) >= 11 is 0. The first-order valence-electron chi connectivity index (χ1n) is 9.77. The first-order valence-corrected chi connectivity index (χ1v) is 9.77. The molecule has 1 atom stereocenters. The van der Waals surface area contributed by atoms with E-state index >= 15 is 0 Å². The van der Waals surface area contributed by atoms with Gasteiger partial charge < -0.3 is 19.5 Å². The van der Waals surface area contributed by atoms with Crippen molar-refractivity contribution in [1.29, 1.82) is 0 Å². The van der Waals surface area contributed by atoms with Crippen LogP contribution in [0.25, 0.3) is 0 Å². The minimum absolute atomic E-state index is 0.0288. The zero-order chi connectivity index (χ0) is 20.2. The number of carbonyl (C=O) groups excluding carboxylic acids is 2. The highest BCUT2D eigenvalue weighted by molar-refractivity contribution is 6.39. The maximum atomic E-state index is 12.3. The average molecular weight is 399 g/mol. The van der Waals surface area contributed by atoms with Gasteiger partial charge in [0.2, 0.25) is 0 Å². The number of nitrogens with zero attached hydrogens (tertiary/aromatic N) is 3. The van der Waals surface area contributed by atoms with Gasteiger partial charge in [0.15, 0.2) is 5.82 Å². The van der Waals surface area contributed by atoms with Crippen LogP contribution >= 0.6 is 0 Å². The number of benzene rings is 1. The Morgan fingerprint density at radius 2 is 2.00 bits per heavy atom. The Morgan fingerprint density at radius 3 is 2.76 bits per heavy atom. The van der Waals surface area contributed by atoms with Crippen LogP contribution in [-0.2, 0) is 20.7 Å². The molecule has 1 fully saturated rings. The van der Waals surface area contributed by atoms with Gasteiger partial charge in [-0.3, -0.25) is 19.8 Å². The van der Waals surface area contributed by atoms with Gasteiger partial charge in [0.05, 0.1) is 19.3 Å². The van der Waals surface area contributed by atoms with Crippen molar-refractivity contribution in [1.82, 2.24) is 15.4 Å². The molecule has 0 unspecified atom stereocenters. The van der Waals surface area contributed by atoms with Crippen LogP contribution in [0.1, 0.15) is 17.2 Å². The van der Waals surface area contributed by atoms with E-state index in [0.29, 0.717) is 19.8 Å². The summed E-state index contributed by atoms with van der Waals surface area (Å²) in [6.45, 7) is 4.22. The van der Waals surface area contributed by atoms with Crippen LogP contribution in [-0.4, -0.2) is 68.3 Å². The third-order valence-corrected chi connectivity index (χ3v) is 5.44. The van der Waals surface area contributed by atoms with Crippen molar-refractivity contribution in [2.75, 3.05) is 56.7 Å². The quantitative estimate of drug-likeness (QED) is 0.717. The second-order valence-electron chi connectivity index (χ2n) is 7.27. The highest BCUT2D eigenvalue weighted by Gasteiger charge is 2.26. The predicted molar refractivity (Wildman–Crippen MR) is 107 cm³/mol. The van der Waals surface area contributed by atoms with Gasteiger partial charge in [0, 0.05) is 45.0 Å². The summed E-state index contributed by atoms with van der Waals surface area (Å²) in [7, 11) is 2.10. The zero-order valence-electron chi connectivity index (χ0n) is 16.4. The second kappa shape index (κ2) is 8.62. The summed E-state index contributed by atoms with van der Waals surface area (Å²) in [6.07, 6.45) is 2.34. The van der Waals surface area contributed by atoms with Crippen LogP contribution in [0.4, 0.5) is 11.5 Å². The number of nitrogens with one attached hydrogen (secondary N) is 2. The minimum Gasteiger partial charge on any atom is -0.379 e. The number of aromatic nitrogens is 1. The molecule has 2 aliphatic rings. The van der Waals surface area contributed by atoms with Crippen LogP contribution in [0.3, 0.4) is 0 Å². The summed E-state index contributed by atoms with van der Waals surface area (Å²) in [5, 5.41) is 8.75. The monoisotopic (exact) mass is 399 g/mol. The molecular weight excluding hydrogens is 374 g/mol. The molecule has 0 radical (unpaired) electrons. The van der Waals surface area contributed by atoms with Gasteiger partial charge in [-0.2, -0.15) is 0 Å². The Morgan fingerprint density at radius 1 is 1.17 bits per heavy atom. The van der Waals surface area contributed by atoms with E-state index < -0.39 is 11.8 Å². The van der Waals surface area contributed by atoms with Crippen molar-refractivity contribution >= 4 is 23.3 Å². The van der Waals surface area contributed by atoms with Crippen LogP contribution in [0.15, 0.2) is 35.1 Å². The van der Waals surface area contributed by atoms with Gasteiger partial charge in [-0.05, 0) is 23.6 Å². The number of hydrogen-bond donors (Lipinski definition) is 2. The lowest BCUT2D eigenvalue weighted by atomic mass is 10.0. The molecule has 2 amide bonds. The average Bonchev–Trinajstić information content (AvgIpc) is 3.38. The van der Waals surface area contributed by atoms with Gasteiger partial charge in [-0.25, -0.2) is 0 Å². The zero-order valence-corrected chi connectivity index (χ0v) is 16.4. The summed E-state index contributed by atoms with van der Waals surface area (Å²) in [5.74, 6) is -1.26. The SMILES string of the molecule is CN1CCc2cc([C@@H](CNC(=O)C(=O)Nc3ccon3)N3CCOCC3)ccc21. The van der Waals surface area contributed by atoms with E-state index in [0.717, 1.165) is 31.6 Å². The Kier molecular flexibility index (Phi) is 5.77. The van der Waals surface area contributed by atoms with E-state index in [9.17, 15) is 9.59 Å². The molecule has 154 valence electrons. The van der Waals surface area contributed by atoms with Crippen LogP contribution in [0.2, 0.25) is 0 Å². The number of anilines is 2. The molecule has 4 rings (SSSR count). The molecule has 9 heteroatoms. The van der Waals surface area contributed by atoms with E-state index in [4.69, 9.17) is 4.74 Å². The fraction of sp³-hybridized carbons (Fsp3) is 0.450. The van der Waals surface area contributed by atoms with Crippen LogP contribution < -0.4 is 15.5 Å². The van der Waals surface area contributed by atoms with Crippen molar-refractivity contribution in [3.63, 3.8) is 0 Å². The molecule has 9 nitrogen and oxygen atoms in total. The molecule has 1 saturated heterocycles. The minimum atomic E-state index is -0.768. The fourth-order valence-corrected chi connectivity index (χ4v) is 3.86. The highest BCUT2D eigenvalue weighted by Crippen LogP contribution is 2.31. The van der Waals surface area contributed by atoms with E-state index in [1.54, 1.807) is 0 Å². The van der Waals surface area contributed by atoms with Crippen molar-refractivity contribution in [2.45, 2.75) is 12.5 Å². The summed E-state index contributed by atoms with van der Waals surface area (Å²) < 4.78 is 10.1. The Balaban J connectivity index is 1.46. The van der Waals surface area contributed by atoms with Gasteiger partial charge in [0.1, 0.15) is 6.26 Å². The lowest BCUT2D eigenvalue weighted by Crippen LogP contribution is -2.45. The normalized spacial score (nSPS) is 17.6. The summed E-state index contributed by atoms with van der Waals surface area (Å²) in [5.41, 5.74) is 3.71. The van der Waals surface area contributed by atoms with E-state index in [-0.39, 0.29) is 11.9 Å². The summed E-state index contributed by atoms with van der Waals surface area (Å²) in [4.78, 5) is 28.9. The lowest BCUT2D eigenvalue weighted by Gasteiger charge is -2.35. The van der Waals surface area contributed by atoms with Crippen LogP contribution in [0.5, 0.6) is 0 Å². The number of rotatable bonds is 5. The molecule has 0 saturated carbocycles. The first kappa shape index (κ1) is 19.4. The molecule has 2 aromatic rings. The molecule has 2 aliphatic heterocycles. The lowest BCUT2D eigenvalue weighted by molar-refractivity contribution is -0.136. The Bertz CT molecular complexity index is 864. The van der Waals surface area contributed by atoms with Crippen molar-refractivity contribution in [3.8, 4) is 0 Å². The van der Waals surface area contributed by atoms with E-state index in [2.05, 4.69) is 55.4 Å². The first-order chi connectivity index (χ1) is 14.1. The Hall–Kier alpha value is -2.91. The molecule has 0 bridgehead atoms. The summed E-state index contributed by atoms with van der Waals surface area (Å²) in [6, 6.07) is 7.93. The van der Waals surface area contributed by atoms with E-state index in [1.165, 1.54) is 23.6 Å². The van der Waals surface area contributed by atoms with Crippen molar-refractivity contribution in [3.05, 3.63) is 41.7 Å². The van der Waals surface area contributed by atoms with Gasteiger partial charge >= 0.3 is 11.8 Å². The highest BCUT2D eigenvalue weighted by atomic mass is 16.5.